The molecular weight excluding hydrogens is 340 g/mol. The van der Waals surface area contributed by atoms with Crippen LogP contribution in [0.4, 0.5) is 11.4 Å². The highest BCUT2D eigenvalue weighted by molar-refractivity contribution is 5.95. The Morgan fingerprint density at radius 2 is 1.59 bits per heavy atom. The predicted octanol–water partition coefficient (Wildman–Crippen LogP) is 4.74. The minimum atomic E-state index is -0.639. The number of nitrogens with one attached hydrogen (secondary N) is 2. The summed E-state index contributed by atoms with van der Waals surface area (Å²) < 4.78 is 5.81. The summed E-state index contributed by atoms with van der Waals surface area (Å²) in [6.45, 7) is 9.91. The fraction of sp³-hybridized carbons (Fsp3) is 0.364. The quantitative estimate of drug-likeness (QED) is 0.774. The first-order valence-corrected chi connectivity index (χ1v) is 9.17. The SMILES string of the molecule is CCC(=O)Nc1ccc(NC(=O)C(C)Oc2cccc(C(C)(C)C)c2)cc1. The fourth-order valence-corrected chi connectivity index (χ4v) is 2.42. The number of hydrogen-bond donors (Lipinski definition) is 2. The van der Waals surface area contributed by atoms with Crippen molar-refractivity contribution in [2.75, 3.05) is 10.6 Å². The minimum absolute atomic E-state index is 0.0137. The molecule has 0 spiro atoms. The van der Waals surface area contributed by atoms with E-state index in [0.29, 0.717) is 23.5 Å². The van der Waals surface area contributed by atoms with E-state index < -0.39 is 6.10 Å². The van der Waals surface area contributed by atoms with Crippen LogP contribution >= 0.6 is 0 Å². The zero-order valence-electron chi connectivity index (χ0n) is 16.6. The van der Waals surface area contributed by atoms with Crippen LogP contribution in [0.15, 0.2) is 48.5 Å². The van der Waals surface area contributed by atoms with E-state index in [0.717, 1.165) is 5.56 Å². The average Bonchev–Trinajstić information content (AvgIpc) is 2.62. The van der Waals surface area contributed by atoms with Crippen LogP contribution in [0, 0.1) is 0 Å². The molecule has 1 unspecified atom stereocenters. The molecule has 0 saturated heterocycles. The minimum Gasteiger partial charge on any atom is -0.481 e. The van der Waals surface area contributed by atoms with E-state index in [9.17, 15) is 9.59 Å². The summed E-state index contributed by atoms with van der Waals surface area (Å²) in [5.41, 5.74) is 2.51. The van der Waals surface area contributed by atoms with Crippen LogP contribution in [-0.2, 0) is 15.0 Å². The van der Waals surface area contributed by atoms with Crippen molar-refractivity contribution in [2.45, 2.75) is 52.6 Å². The molecule has 5 heteroatoms. The molecule has 0 aliphatic rings. The van der Waals surface area contributed by atoms with E-state index in [-0.39, 0.29) is 17.2 Å². The highest BCUT2D eigenvalue weighted by atomic mass is 16.5. The van der Waals surface area contributed by atoms with Crippen LogP contribution in [0.5, 0.6) is 5.75 Å². The molecule has 144 valence electrons. The molecule has 0 fully saturated rings. The molecule has 27 heavy (non-hydrogen) atoms. The number of carbonyl (C=O) groups is 2. The summed E-state index contributed by atoms with van der Waals surface area (Å²) in [7, 11) is 0. The van der Waals surface area contributed by atoms with E-state index in [1.54, 1.807) is 38.1 Å². The van der Waals surface area contributed by atoms with Gasteiger partial charge in [-0.15, -0.1) is 0 Å². The molecule has 0 radical (unpaired) electrons. The molecule has 2 rings (SSSR count). The molecule has 0 aliphatic carbocycles. The summed E-state index contributed by atoms with van der Waals surface area (Å²) in [5, 5.41) is 5.59. The summed E-state index contributed by atoms with van der Waals surface area (Å²) in [4.78, 5) is 23.8. The molecule has 5 nitrogen and oxygen atoms in total. The first-order chi connectivity index (χ1) is 12.7. The van der Waals surface area contributed by atoms with E-state index in [2.05, 4.69) is 37.5 Å². The number of benzene rings is 2. The number of amides is 2. The molecule has 2 amide bonds. The van der Waals surface area contributed by atoms with Gasteiger partial charge >= 0.3 is 0 Å². The van der Waals surface area contributed by atoms with Crippen molar-refractivity contribution in [2.24, 2.45) is 0 Å². The third-order valence-corrected chi connectivity index (χ3v) is 4.14. The highest BCUT2D eigenvalue weighted by Gasteiger charge is 2.17. The lowest BCUT2D eigenvalue weighted by Crippen LogP contribution is -2.30. The van der Waals surface area contributed by atoms with Gasteiger partial charge in [-0.05, 0) is 54.3 Å². The van der Waals surface area contributed by atoms with Crippen molar-refractivity contribution in [3.63, 3.8) is 0 Å². The second-order valence-corrected chi connectivity index (χ2v) is 7.51. The van der Waals surface area contributed by atoms with Crippen molar-refractivity contribution >= 4 is 23.2 Å². The van der Waals surface area contributed by atoms with Gasteiger partial charge in [0.25, 0.3) is 5.91 Å². The Morgan fingerprint density at radius 1 is 1.00 bits per heavy atom. The number of carbonyl (C=O) groups excluding carboxylic acids is 2. The first-order valence-electron chi connectivity index (χ1n) is 9.17. The van der Waals surface area contributed by atoms with Crippen LogP contribution in [0.1, 0.15) is 46.6 Å². The van der Waals surface area contributed by atoms with Crippen molar-refractivity contribution in [3.8, 4) is 5.75 Å². The van der Waals surface area contributed by atoms with Gasteiger partial charge in [0.15, 0.2) is 6.10 Å². The Hall–Kier alpha value is -2.82. The zero-order valence-corrected chi connectivity index (χ0v) is 16.6. The standard InChI is InChI=1S/C22H28N2O3/c1-6-20(25)23-17-10-12-18(13-11-17)24-21(26)15(2)27-19-9-7-8-16(14-19)22(3,4)5/h7-15H,6H2,1-5H3,(H,23,25)(H,24,26). The van der Waals surface area contributed by atoms with Crippen LogP contribution in [0.3, 0.4) is 0 Å². The molecule has 2 aromatic carbocycles. The maximum Gasteiger partial charge on any atom is 0.265 e. The van der Waals surface area contributed by atoms with E-state index in [1.807, 2.05) is 18.2 Å². The summed E-state index contributed by atoms with van der Waals surface area (Å²) >= 11 is 0. The number of hydrogen-bond acceptors (Lipinski definition) is 3. The monoisotopic (exact) mass is 368 g/mol. The zero-order chi connectivity index (χ0) is 20.0. The van der Waals surface area contributed by atoms with Gasteiger partial charge in [-0.1, -0.05) is 39.8 Å². The lowest BCUT2D eigenvalue weighted by Gasteiger charge is -2.21. The summed E-state index contributed by atoms with van der Waals surface area (Å²) in [6, 6.07) is 14.8. The summed E-state index contributed by atoms with van der Waals surface area (Å²) in [6.07, 6.45) is -0.219. The second kappa shape index (κ2) is 8.71. The van der Waals surface area contributed by atoms with Gasteiger partial charge in [-0.2, -0.15) is 0 Å². The third kappa shape index (κ3) is 6.13. The van der Waals surface area contributed by atoms with Gasteiger partial charge in [-0.25, -0.2) is 0 Å². The molecule has 2 aromatic rings. The maximum absolute atomic E-state index is 12.4. The topological polar surface area (TPSA) is 67.4 Å². The largest absolute Gasteiger partial charge is 0.481 e. The van der Waals surface area contributed by atoms with Gasteiger partial charge in [0.1, 0.15) is 5.75 Å². The van der Waals surface area contributed by atoms with Crippen molar-refractivity contribution in [3.05, 3.63) is 54.1 Å². The Morgan fingerprint density at radius 3 is 2.15 bits per heavy atom. The van der Waals surface area contributed by atoms with Gasteiger partial charge in [0.2, 0.25) is 5.91 Å². The summed E-state index contributed by atoms with van der Waals surface area (Å²) in [5.74, 6) is 0.385. The lowest BCUT2D eigenvalue weighted by molar-refractivity contribution is -0.122. The van der Waals surface area contributed by atoms with Crippen LogP contribution in [0.2, 0.25) is 0 Å². The van der Waals surface area contributed by atoms with E-state index in [4.69, 9.17) is 4.74 Å². The van der Waals surface area contributed by atoms with Crippen molar-refractivity contribution < 1.29 is 14.3 Å². The smallest absolute Gasteiger partial charge is 0.265 e. The molecule has 2 N–H and O–H groups in total. The van der Waals surface area contributed by atoms with Gasteiger partial charge < -0.3 is 15.4 Å². The van der Waals surface area contributed by atoms with E-state index >= 15 is 0 Å². The molecular formula is C22H28N2O3. The van der Waals surface area contributed by atoms with Crippen LogP contribution in [-0.4, -0.2) is 17.9 Å². The van der Waals surface area contributed by atoms with Crippen molar-refractivity contribution in [1.29, 1.82) is 0 Å². The Bertz CT molecular complexity index is 792. The molecule has 0 aromatic heterocycles. The number of anilines is 2. The second-order valence-electron chi connectivity index (χ2n) is 7.51. The maximum atomic E-state index is 12.4. The molecule has 0 aliphatic heterocycles. The van der Waals surface area contributed by atoms with Gasteiger partial charge in [0, 0.05) is 17.8 Å². The van der Waals surface area contributed by atoms with Gasteiger partial charge in [0.05, 0.1) is 0 Å². The predicted molar refractivity (Wildman–Crippen MR) is 109 cm³/mol. The molecule has 0 saturated carbocycles. The Kier molecular flexibility index (Phi) is 6.61. The molecule has 1 atom stereocenters. The van der Waals surface area contributed by atoms with Crippen LogP contribution < -0.4 is 15.4 Å². The third-order valence-electron chi connectivity index (χ3n) is 4.14. The van der Waals surface area contributed by atoms with Gasteiger partial charge in [-0.3, -0.25) is 9.59 Å². The number of rotatable bonds is 6. The lowest BCUT2D eigenvalue weighted by atomic mass is 9.87. The number of ether oxygens (including phenoxy) is 1. The molecule has 0 heterocycles. The van der Waals surface area contributed by atoms with Crippen molar-refractivity contribution in [1.82, 2.24) is 0 Å². The Labute approximate surface area is 161 Å². The molecule has 0 bridgehead atoms. The first kappa shape index (κ1) is 20.5. The highest BCUT2D eigenvalue weighted by Crippen LogP contribution is 2.26. The normalized spacial score (nSPS) is 12.2. The average molecular weight is 368 g/mol. The van der Waals surface area contributed by atoms with Crippen LogP contribution in [0.25, 0.3) is 0 Å². The van der Waals surface area contributed by atoms with E-state index in [1.165, 1.54) is 0 Å². The Balaban J connectivity index is 1.97. The fourth-order valence-electron chi connectivity index (χ4n) is 2.42.